The van der Waals surface area contributed by atoms with Gasteiger partial charge in [-0.3, -0.25) is 0 Å². The van der Waals surface area contributed by atoms with Gasteiger partial charge in [-0.15, -0.1) is 0 Å². The molecular weight excluding hydrogens is 415 g/mol. The number of rotatable bonds is 4. The van der Waals surface area contributed by atoms with Crippen LogP contribution in [0, 0.1) is 0 Å². The molecule has 132 valence electrons. The van der Waals surface area contributed by atoms with Crippen molar-refractivity contribution in [1.29, 1.82) is 0 Å². The highest BCUT2D eigenvalue weighted by atomic mass is 79.9. The van der Waals surface area contributed by atoms with Crippen LogP contribution in [0.2, 0.25) is 0 Å². The Labute approximate surface area is 168 Å². The van der Waals surface area contributed by atoms with Crippen LogP contribution in [0.1, 0.15) is 0 Å². The summed E-state index contributed by atoms with van der Waals surface area (Å²) in [5.74, 6) is 0. The largest absolute Gasteiger partial charge is 0.309 e. The lowest BCUT2D eigenvalue weighted by Crippen LogP contribution is -2.25. The lowest BCUT2D eigenvalue weighted by molar-refractivity contribution is 0.592. The monoisotopic (exact) mass is 432 g/mol. The van der Waals surface area contributed by atoms with Crippen molar-refractivity contribution in [3.8, 4) is 11.1 Å². The second-order valence-corrected chi connectivity index (χ2v) is 10.0. The Balaban J connectivity index is 1.92. The van der Waals surface area contributed by atoms with Gasteiger partial charge in [-0.25, -0.2) is 0 Å². The molecule has 0 aliphatic rings. The van der Waals surface area contributed by atoms with E-state index >= 15 is 0 Å². The van der Waals surface area contributed by atoms with Gasteiger partial charge in [0.15, 0.2) is 7.14 Å². The summed E-state index contributed by atoms with van der Waals surface area (Å²) in [6.07, 6.45) is 0. The Hall–Kier alpha value is -2.41. The Morgan fingerprint density at radius 3 is 1.56 bits per heavy atom. The van der Waals surface area contributed by atoms with E-state index in [2.05, 4.69) is 40.2 Å². The van der Waals surface area contributed by atoms with Crippen LogP contribution < -0.4 is 15.9 Å². The summed E-state index contributed by atoms with van der Waals surface area (Å²) in [4.78, 5) is 0. The molecule has 0 N–H and O–H groups in total. The molecule has 0 saturated heterocycles. The van der Waals surface area contributed by atoms with Crippen LogP contribution in [0.15, 0.2) is 114 Å². The Bertz CT molecular complexity index is 1060. The predicted molar refractivity (Wildman–Crippen MR) is 119 cm³/mol. The number of halogens is 1. The normalized spacial score (nSPS) is 11.3. The summed E-state index contributed by atoms with van der Waals surface area (Å²) < 4.78 is 15.5. The highest BCUT2D eigenvalue weighted by Gasteiger charge is 2.29. The molecule has 0 unspecified atom stereocenters. The Kier molecular flexibility index (Phi) is 5.11. The van der Waals surface area contributed by atoms with E-state index < -0.39 is 7.14 Å². The standard InChI is InChI=1S/C24H18BrOP/c25-21-11-7-9-19(17-21)20-10-8-16-24(18-20)27(26,22-12-3-1-4-13-22)23-14-5-2-6-15-23/h1-18H. The minimum Gasteiger partial charge on any atom is -0.309 e. The summed E-state index contributed by atoms with van der Waals surface area (Å²) in [7, 11) is -2.95. The van der Waals surface area contributed by atoms with Gasteiger partial charge in [0.2, 0.25) is 0 Å². The van der Waals surface area contributed by atoms with Crippen molar-refractivity contribution in [3.05, 3.63) is 114 Å². The SMILES string of the molecule is O=P(c1ccccc1)(c1ccccc1)c1cccc(-c2cccc(Br)c2)c1. The number of benzene rings is 4. The molecule has 4 aromatic carbocycles. The van der Waals surface area contributed by atoms with Crippen molar-refractivity contribution in [3.63, 3.8) is 0 Å². The molecule has 0 saturated carbocycles. The average molecular weight is 433 g/mol. The molecule has 3 heteroatoms. The van der Waals surface area contributed by atoms with Gasteiger partial charge >= 0.3 is 0 Å². The molecule has 4 aromatic rings. The predicted octanol–water partition coefficient (Wildman–Crippen LogP) is 5.76. The zero-order chi connectivity index (χ0) is 18.7. The molecule has 0 atom stereocenters. The summed E-state index contributed by atoms with van der Waals surface area (Å²) in [5.41, 5.74) is 2.15. The fourth-order valence-corrected chi connectivity index (χ4v) is 6.37. The average Bonchev–Trinajstić information content (AvgIpc) is 2.74. The molecule has 0 aromatic heterocycles. The highest BCUT2D eigenvalue weighted by Crippen LogP contribution is 2.42. The van der Waals surface area contributed by atoms with Crippen LogP contribution in [0.5, 0.6) is 0 Å². The number of hydrogen-bond acceptors (Lipinski definition) is 1. The van der Waals surface area contributed by atoms with Crippen LogP contribution in [-0.4, -0.2) is 0 Å². The van der Waals surface area contributed by atoms with Gasteiger partial charge in [-0.1, -0.05) is 107 Å². The first kappa shape index (κ1) is 18.0. The van der Waals surface area contributed by atoms with Gasteiger partial charge in [0, 0.05) is 20.4 Å². The molecule has 4 rings (SSSR count). The lowest BCUT2D eigenvalue weighted by Gasteiger charge is -2.20. The first-order valence-corrected chi connectivity index (χ1v) is 11.3. The van der Waals surface area contributed by atoms with Crippen LogP contribution >= 0.6 is 23.1 Å². The van der Waals surface area contributed by atoms with Crippen molar-refractivity contribution < 1.29 is 4.57 Å². The maximum absolute atomic E-state index is 14.5. The molecule has 1 nitrogen and oxygen atoms in total. The quantitative estimate of drug-likeness (QED) is 0.375. The molecule has 0 aliphatic carbocycles. The molecule has 0 bridgehead atoms. The lowest BCUT2D eigenvalue weighted by atomic mass is 10.1. The van der Waals surface area contributed by atoms with E-state index in [9.17, 15) is 4.57 Å². The topological polar surface area (TPSA) is 17.1 Å². The summed E-state index contributed by atoms with van der Waals surface area (Å²) in [5, 5.41) is 2.54. The first-order chi connectivity index (χ1) is 13.2. The maximum Gasteiger partial charge on any atom is 0.171 e. The first-order valence-electron chi connectivity index (χ1n) is 8.76. The van der Waals surface area contributed by atoms with E-state index in [0.717, 1.165) is 31.5 Å². The zero-order valence-corrected chi connectivity index (χ0v) is 17.1. The van der Waals surface area contributed by atoms with Gasteiger partial charge in [0.05, 0.1) is 0 Å². The summed E-state index contributed by atoms with van der Waals surface area (Å²) >= 11 is 3.54. The van der Waals surface area contributed by atoms with E-state index in [-0.39, 0.29) is 0 Å². The third kappa shape index (κ3) is 3.56. The Morgan fingerprint density at radius 1 is 0.519 bits per heavy atom. The van der Waals surface area contributed by atoms with Crippen molar-refractivity contribution >= 4 is 39.0 Å². The van der Waals surface area contributed by atoms with Crippen molar-refractivity contribution in [2.75, 3.05) is 0 Å². The van der Waals surface area contributed by atoms with Crippen LogP contribution in [0.4, 0.5) is 0 Å². The van der Waals surface area contributed by atoms with Gasteiger partial charge in [-0.2, -0.15) is 0 Å². The zero-order valence-electron chi connectivity index (χ0n) is 14.6. The van der Waals surface area contributed by atoms with Crippen molar-refractivity contribution in [1.82, 2.24) is 0 Å². The fraction of sp³-hybridized carbons (Fsp3) is 0. The maximum atomic E-state index is 14.5. The molecule has 27 heavy (non-hydrogen) atoms. The van der Waals surface area contributed by atoms with Gasteiger partial charge in [0.1, 0.15) is 0 Å². The van der Waals surface area contributed by atoms with Gasteiger partial charge in [0.25, 0.3) is 0 Å². The summed E-state index contributed by atoms with van der Waals surface area (Å²) in [6.45, 7) is 0. The van der Waals surface area contributed by atoms with E-state index in [4.69, 9.17) is 0 Å². The second kappa shape index (κ2) is 7.68. The molecule has 0 fully saturated rings. The Morgan fingerprint density at radius 2 is 1.00 bits per heavy atom. The van der Waals surface area contributed by atoms with Gasteiger partial charge in [-0.05, 0) is 29.3 Å². The van der Waals surface area contributed by atoms with Gasteiger partial charge < -0.3 is 4.57 Å². The van der Waals surface area contributed by atoms with Crippen LogP contribution in [0.3, 0.4) is 0 Å². The highest BCUT2D eigenvalue weighted by molar-refractivity contribution is 9.10. The fourth-order valence-electron chi connectivity index (χ4n) is 3.27. The number of hydrogen-bond donors (Lipinski definition) is 0. The van der Waals surface area contributed by atoms with Crippen LogP contribution in [0.25, 0.3) is 11.1 Å². The molecule has 0 amide bonds. The van der Waals surface area contributed by atoms with Crippen LogP contribution in [-0.2, 0) is 4.57 Å². The molecule has 0 heterocycles. The molecule has 0 spiro atoms. The molecule has 0 radical (unpaired) electrons. The van der Waals surface area contributed by atoms with E-state index in [1.54, 1.807) is 0 Å². The van der Waals surface area contributed by atoms with Crippen molar-refractivity contribution in [2.45, 2.75) is 0 Å². The molecule has 0 aliphatic heterocycles. The summed E-state index contributed by atoms with van der Waals surface area (Å²) in [6, 6.07) is 35.8. The van der Waals surface area contributed by atoms with E-state index in [1.807, 2.05) is 84.9 Å². The van der Waals surface area contributed by atoms with E-state index in [1.165, 1.54) is 0 Å². The third-order valence-electron chi connectivity index (χ3n) is 4.61. The minimum atomic E-state index is -2.95. The smallest absolute Gasteiger partial charge is 0.171 e. The van der Waals surface area contributed by atoms with Crippen molar-refractivity contribution in [2.24, 2.45) is 0 Å². The van der Waals surface area contributed by atoms with E-state index in [0.29, 0.717) is 0 Å². The second-order valence-electron chi connectivity index (χ2n) is 6.34. The third-order valence-corrected chi connectivity index (χ3v) is 8.16. The molecular formula is C24H18BrOP. The minimum absolute atomic E-state index is 0.845.